The molecule has 0 aliphatic rings. The van der Waals surface area contributed by atoms with E-state index < -0.39 is 0 Å². The molecular weight excluding hydrogens is 248 g/mol. The van der Waals surface area contributed by atoms with Gasteiger partial charge in [-0.1, -0.05) is 23.8 Å². The molecule has 0 radical (unpaired) electrons. The van der Waals surface area contributed by atoms with Crippen LogP contribution in [0.3, 0.4) is 0 Å². The van der Waals surface area contributed by atoms with E-state index in [2.05, 4.69) is 18.2 Å². The lowest BCUT2D eigenvalue weighted by Gasteiger charge is -2.17. The van der Waals surface area contributed by atoms with Crippen molar-refractivity contribution in [3.63, 3.8) is 0 Å². The molecule has 0 saturated carbocycles. The first-order chi connectivity index (χ1) is 9.45. The molecule has 0 aliphatic carbocycles. The van der Waals surface area contributed by atoms with Crippen molar-refractivity contribution in [2.75, 3.05) is 0 Å². The van der Waals surface area contributed by atoms with Gasteiger partial charge >= 0.3 is 0 Å². The van der Waals surface area contributed by atoms with Crippen LogP contribution in [0.4, 0.5) is 0 Å². The number of hydrogen-bond donors (Lipinski definition) is 1. The standard InChI is InChI=1S/C17H22N2O/c1-5-19-13(4)8-9-14(17(19)20)16(18)15-10-11(2)6-7-12(15)3/h6-10,16H,5,18H2,1-4H3. The van der Waals surface area contributed by atoms with E-state index in [1.165, 1.54) is 0 Å². The van der Waals surface area contributed by atoms with E-state index in [1.54, 1.807) is 4.57 Å². The number of pyridine rings is 1. The summed E-state index contributed by atoms with van der Waals surface area (Å²) in [5, 5.41) is 0. The summed E-state index contributed by atoms with van der Waals surface area (Å²) in [5.41, 5.74) is 11.3. The first-order valence-corrected chi connectivity index (χ1v) is 6.98. The molecule has 0 amide bonds. The third-order valence-electron chi connectivity index (χ3n) is 3.84. The molecule has 2 aromatic rings. The van der Waals surface area contributed by atoms with Gasteiger partial charge in [-0.05, 0) is 51.0 Å². The first kappa shape index (κ1) is 14.5. The number of nitrogens with zero attached hydrogens (tertiary/aromatic N) is 1. The van der Waals surface area contributed by atoms with Gasteiger partial charge in [0.25, 0.3) is 5.56 Å². The second-order valence-electron chi connectivity index (χ2n) is 5.32. The molecule has 106 valence electrons. The van der Waals surface area contributed by atoms with Gasteiger partial charge in [0.15, 0.2) is 0 Å². The molecule has 1 atom stereocenters. The topological polar surface area (TPSA) is 48.0 Å². The third-order valence-corrected chi connectivity index (χ3v) is 3.84. The number of aromatic nitrogens is 1. The van der Waals surface area contributed by atoms with Crippen LogP contribution in [0.5, 0.6) is 0 Å². The molecule has 1 aromatic heterocycles. The summed E-state index contributed by atoms with van der Waals surface area (Å²) in [7, 11) is 0. The maximum atomic E-state index is 12.5. The molecule has 3 nitrogen and oxygen atoms in total. The van der Waals surface area contributed by atoms with Crippen LogP contribution in [0.2, 0.25) is 0 Å². The monoisotopic (exact) mass is 270 g/mol. The van der Waals surface area contributed by atoms with Crippen LogP contribution in [0, 0.1) is 20.8 Å². The van der Waals surface area contributed by atoms with Crippen LogP contribution in [-0.2, 0) is 6.54 Å². The van der Waals surface area contributed by atoms with Gasteiger partial charge in [0.1, 0.15) is 0 Å². The smallest absolute Gasteiger partial charge is 0.255 e. The van der Waals surface area contributed by atoms with Crippen molar-refractivity contribution in [1.29, 1.82) is 0 Å². The molecule has 0 spiro atoms. The van der Waals surface area contributed by atoms with E-state index in [0.29, 0.717) is 12.1 Å². The zero-order chi connectivity index (χ0) is 14.9. The number of benzene rings is 1. The van der Waals surface area contributed by atoms with Crippen LogP contribution < -0.4 is 11.3 Å². The van der Waals surface area contributed by atoms with Crippen molar-refractivity contribution in [2.45, 2.75) is 40.3 Å². The zero-order valence-corrected chi connectivity index (χ0v) is 12.6. The molecule has 0 bridgehead atoms. The SMILES string of the molecule is CCn1c(C)ccc(C(N)c2cc(C)ccc2C)c1=O. The fourth-order valence-electron chi connectivity index (χ4n) is 2.58. The molecule has 1 aromatic carbocycles. The van der Waals surface area contributed by atoms with E-state index in [9.17, 15) is 4.79 Å². The summed E-state index contributed by atoms with van der Waals surface area (Å²) in [6.07, 6.45) is 0. The maximum absolute atomic E-state index is 12.5. The summed E-state index contributed by atoms with van der Waals surface area (Å²) in [6.45, 7) is 8.65. The Labute approximate surface area is 120 Å². The van der Waals surface area contributed by atoms with E-state index in [0.717, 1.165) is 22.4 Å². The van der Waals surface area contributed by atoms with Crippen LogP contribution in [0.25, 0.3) is 0 Å². The lowest BCUT2D eigenvalue weighted by molar-refractivity contribution is 0.678. The molecule has 1 heterocycles. The molecule has 1 unspecified atom stereocenters. The maximum Gasteiger partial charge on any atom is 0.255 e. The van der Waals surface area contributed by atoms with Gasteiger partial charge in [0.05, 0.1) is 6.04 Å². The Kier molecular flexibility index (Phi) is 4.09. The quantitative estimate of drug-likeness (QED) is 0.932. The van der Waals surface area contributed by atoms with Crippen LogP contribution in [0.1, 0.15) is 40.9 Å². The van der Waals surface area contributed by atoms with Crippen molar-refractivity contribution in [3.05, 3.63) is 68.6 Å². The van der Waals surface area contributed by atoms with Crippen molar-refractivity contribution < 1.29 is 0 Å². The van der Waals surface area contributed by atoms with Gasteiger partial charge in [-0.15, -0.1) is 0 Å². The van der Waals surface area contributed by atoms with E-state index >= 15 is 0 Å². The minimum Gasteiger partial charge on any atom is -0.320 e. The number of rotatable bonds is 3. The minimum atomic E-state index is -0.374. The van der Waals surface area contributed by atoms with Gasteiger partial charge in [-0.3, -0.25) is 4.79 Å². The Morgan fingerprint density at radius 2 is 1.80 bits per heavy atom. The summed E-state index contributed by atoms with van der Waals surface area (Å²) in [4.78, 5) is 12.5. The molecule has 3 heteroatoms. The van der Waals surface area contributed by atoms with E-state index in [1.807, 2.05) is 39.8 Å². The Hall–Kier alpha value is -1.87. The number of aryl methyl sites for hydroxylation is 3. The Bertz CT molecular complexity index is 686. The van der Waals surface area contributed by atoms with Crippen molar-refractivity contribution in [1.82, 2.24) is 4.57 Å². The summed E-state index contributed by atoms with van der Waals surface area (Å²) >= 11 is 0. The average Bonchev–Trinajstić information content (AvgIpc) is 2.41. The highest BCUT2D eigenvalue weighted by Crippen LogP contribution is 2.22. The predicted molar refractivity (Wildman–Crippen MR) is 83.1 cm³/mol. The van der Waals surface area contributed by atoms with Gasteiger partial charge < -0.3 is 10.3 Å². The number of nitrogens with two attached hydrogens (primary N) is 1. The van der Waals surface area contributed by atoms with Gasteiger partial charge in [0, 0.05) is 17.8 Å². The largest absolute Gasteiger partial charge is 0.320 e. The summed E-state index contributed by atoms with van der Waals surface area (Å²) < 4.78 is 1.76. The Balaban J connectivity index is 2.57. The zero-order valence-electron chi connectivity index (χ0n) is 12.6. The first-order valence-electron chi connectivity index (χ1n) is 6.98. The summed E-state index contributed by atoms with van der Waals surface area (Å²) in [6, 6.07) is 9.62. The third kappa shape index (κ3) is 2.54. The van der Waals surface area contributed by atoms with E-state index in [4.69, 9.17) is 5.73 Å². The average molecular weight is 270 g/mol. The molecular formula is C17H22N2O. The predicted octanol–water partition coefficient (Wildman–Crippen LogP) is 2.84. The fraction of sp³-hybridized carbons (Fsp3) is 0.353. The fourth-order valence-corrected chi connectivity index (χ4v) is 2.58. The van der Waals surface area contributed by atoms with Gasteiger partial charge in [-0.2, -0.15) is 0 Å². The van der Waals surface area contributed by atoms with Crippen molar-refractivity contribution >= 4 is 0 Å². The highest BCUT2D eigenvalue weighted by atomic mass is 16.1. The van der Waals surface area contributed by atoms with Crippen LogP contribution >= 0.6 is 0 Å². The highest BCUT2D eigenvalue weighted by molar-refractivity contribution is 5.38. The lowest BCUT2D eigenvalue weighted by Crippen LogP contribution is -2.29. The summed E-state index contributed by atoms with van der Waals surface area (Å²) in [5.74, 6) is 0. The Morgan fingerprint density at radius 3 is 2.45 bits per heavy atom. The molecule has 20 heavy (non-hydrogen) atoms. The molecule has 2 N–H and O–H groups in total. The molecule has 0 fully saturated rings. The molecule has 0 saturated heterocycles. The van der Waals surface area contributed by atoms with Crippen molar-refractivity contribution in [2.24, 2.45) is 5.73 Å². The molecule has 0 aliphatic heterocycles. The number of hydrogen-bond acceptors (Lipinski definition) is 2. The van der Waals surface area contributed by atoms with E-state index in [-0.39, 0.29) is 11.6 Å². The highest BCUT2D eigenvalue weighted by Gasteiger charge is 2.16. The second kappa shape index (κ2) is 5.63. The molecule has 2 rings (SSSR count). The normalized spacial score (nSPS) is 12.4. The van der Waals surface area contributed by atoms with Gasteiger partial charge in [0.2, 0.25) is 0 Å². The second-order valence-corrected chi connectivity index (χ2v) is 5.32. The lowest BCUT2D eigenvalue weighted by atomic mass is 9.95. The van der Waals surface area contributed by atoms with Crippen LogP contribution in [0.15, 0.2) is 35.1 Å². The minimum absolute atomic E-state index is 0.0147. The van der Waals surface area contributed by atoms with Gasteiger partial charge in [-0.25, -0.2) is 0 Å². The van der Waals surface area contributed by atoms with Crippen LogP contribution in [-0.4, -0.2) is 4.57 Å². The van der Waals surface area contributed by atoms with Crippen molar-refractivity contribution in [3.8, 4) is 0 Å². The Morgan fingerprint density at radius 1 is 1.10 bits per heavy atom.